The topological polar surface area (TPSA) is 116 Å². The summed E-state index contributed by atoms with van der Waals surface area (Å²) in [6.07, 6.45) is 1.54. The molecule has 1 heterocycles. The Morgan fingerprint density at radius 2 is 1.00 bits per heavy atom. The molecule has 8 heteroatoms. The van der Waals surface area contributed by atoms with Crippen molar-refractivity contribution in [3.05, 3.63) is 0 Å². The van der Waals surface area contributed by atoms with Crippen molar-refractivity contribution in [1.82, 2.24) is 21.3 Å². The molecule has 0 saturated carbocycles. The van der Waals surface area contributed by atoms with Crippen molar-refractivity contribution in [2.45, 2.75) is 98.8 Å². The molecular formula is C23H42N4O4. The molecule has 0 radical (unpaired) electrons. The summed E-state index contributed by atoms with van der Waals surface area (Å²) in [5.74, 6) is -1.53. The zero-order valence-electron chi connectivity index (χ0n) is 20.4. The quantitative estimate of drug-likeness (QED) is 0.484. The summed E-state index contributed by atoms with van der Waals surface area (Å²) < 4.78 is 0. The molecule has 5 unspecified atom stereocenters. The number of carbonyl (C=O) groups is 4. The highest BCUT2D eigenvalue weighted by atomic mass is 16.2. The van der Waals surface area contributed by atoms with Crippen molar-refractivity contribution >= 4 is 23.6 Å². The Morgan fingerprint density at radius 1 is 0.613 bits per heavy atom. The molecule has 1 aliphatic heterocycles. The molecule has 0 aromatic carbocycles. The fourth-order valence-corrected chi connectivity index (χ4v) is 3.67. The molecule has 4 amide bonds. The zero-order chi connectivity index (χ0) is 23.9. The van der Waals surface area contributed by atoms with Gasteiger partial charge in [-0.25, -0.2) is 0 Å². The molecule has 31 heavy (non-hydrogen) atoms. The third-order valence-corrected chi connectivity index (χ3v) is 5.72. The molecule has 0 aromatic heterocycles. The van der Waals surface area contributed by atoms with Gasteiger partial charge in [0, 0.05) is 0 Å². The van der Waals surface area contributed by atoms with Crippen LogP contribution < -0.4 is 21.3 Å². The second kappa shape index (κ2) is 12.1. The molecule has 0 aliphatic carbocycles. The number of rotatable bonds is 7. The van der Waals surface area contributed by atoms with Gasteiger partial charge < -0.3 is 21.3 Å². The molecule has 1 fully saturated rings. The lowest BCUT2D eigenvalue weighted by atomic mass is 9.94. The van der Waals surface area contributed by atoms with Crippen molar-refractivity contribution < 1.29 is 19.2 Å². The monoisotopic (exact) mass is 438 g/mol. The number of nitrogens with one attached hydrogen (secondary N) is 4. The van der Waals surface area contributed by atoms with E-state index in [1.54, 1.807) is 0 Å². The standard InChI is InChI=1S/C23H42N4O4/c1-9-15(8)19-23(31)26-18(14(6)7)22(30)25-16(10-12(2)3)20(28)24-17(11-13(4)5)21(29)27-19/h12-19H,9-11H2,1-8H3,(H,24,28)(H,25,30)(H,26,31)(H,27,29). The van der Waals surface area contributed by atoms with E-state index in [-0.39, 0.29) is 47.3 Å². The fourth-order valence-electron chi connectivity index (χ4n) is 3.67. The minimum Gasteiger partial charge on any atom is -0.343 e. The molecule has 8 nitrogen and oxygen atoms in total. The van der Waals surface area contributed by atoms with Crippen LogP contribution in [0.2, 0.25) is 0 Å². The van der Waals surface area contributed by atoms with E-state index in [9.17, 15) is 19.2 Å². The van der Waals surface area contributed by atoms with Crippen LogP contribution in [0.3, 0.4) is 0 Å². The number of amides is 4. The summed E-state index contributed by atoms with van der Waals surface area (Å²) in [6, 6.07) is -3.15. The summed E-state index contributed by atoms with van der Waals surface area (Å²) >= 11 is 0. The van der Waals surface area contributed by atoms with Crippen LogP contribution in [-0.4, -0.2) is 47.8 Å². The predicted octanol–water partition coefficient (Wildman–Crippen LogP) is 1.73. The fraction of sp³-hybridized carbons (Fsp3) is 0.826. The smallest absolute Gasteiger partial charge is 0.243 e. The molecule has 1 rings (SSSR count). The molecular weight excluding hydrogens is 396 g/mol. The van der Waals surface area contributed by atoms with Gasteiger partial charge in [0.05, 0.1) is 0 Å². The zero-order valence-corrected chi connectivity index (χ0v) is 20.4. The molecule has 0 bridgehead atoms. The molecule has 1 aliphatic rings. The van der Waals surface area contributed by atoms with Crippen LogP contribution in [0.1, 0.15) is 74.7 Å². The van der Waals surface area contributed by atoms with Crippen molar-refractivity contribution in [2.24, 2.45) is 23.7 Å². The van der Waals surface area contributed by atoms with Gasteiger partial charge in [0.2, 0.25) is 23.6 Å². The minimum atomic E-state index is -0.802. The van der Waals surface area contributed by atoms with Crippen LogP contribution in [0.4, 0.5) is 0 Å². The second-order valence-corrected chi connectivity index (χ2v) is 9.98. The average molecular weight is 439 g/mol. The first kappa shape index (κ1) is 26.9. The lowest BCUT2D eigenvalue weighted by molar-refractivity contribution is -0.138. The summed E-state index contributed by atoms with van der Waals surface area (Å²) in [7, 11) is 0. The van der Waals surface area contributed by atoms with E-state index in [1.165, 1.54) is 0 Å². The van der Waals surface area contributed by atoms with Crippen LogP contribution in [0.5, 0.6) is 0 Å². The van der Waals surface area contributed by atoms with Crippen molar-refractivity contribution in [3.63, 3.8) is 0 Å². The molecule has 178 valence electrons. The first-order chi connectivity index (χ1) is 14.4. The van der Waals surface area contributed by atoms with Gasteiger partial charge in [-0.05, 0) is 36.5 Å². The maximum atomic E-state index is 13.1. The predicted molar refractivity (Wildman–Crippen MR) is 121 cm³/mol. The summed E-state index contributed by atoms with van der Waals surface area (Å²) in [6.45, 7) is 15.4. The van der Waals surface area contributed by atoms with Crippen LogP contribution in [-0.2, 0) is 19.2 Å². The maximum absolute atomic E-state index is 13.1. The van der Waals surface area contributed by atoms with E-state index in [4.69, 9.17) is 0 Å². The highest BCUT2D eigenvalue weighted by molar-refractivity contribution is 5.97. The van der Waals surface area contributed by atoms with Crippen LogP contribution >= 0.6 is 0 Å². The van der Waals surface area contributed by atoms with E-state index in [0.29, 0.717) is 19.3 Å². The third kappa shape index (κ3) is 8.15. The number of carbonyl (C=O) groups excluding carboxylic acids is 4. The Morgan fingerprint density at radius 3 is 1.42 bits per heavy atom. The van der Waals surface area contributed by atoms with E-state index in [1.807, 2.05) is 55.4 Å². The van der Waals surface area contributed by atoms with Gasteiger partial charge in [-0.2, -0.15) is 0 Å². The summed E-state index contributed by atoms with van der Waals surface area (Å²) in [4.78, 5) is 52.3. The SMILES string of the molecule is CCC(C)C1NC(=O)C(CC(C)C)NC(=O)C(CC(C)C)NC(=O)C(C(C)C)NC1=O. The Kier molecular flexibility index (Phi) is 10.5. The summed E-state index contributed by atoms with van der Waals surface area (Å²) in [5.41, 5.74) is 0. The Labute approximate surface area is 187 Å². The number of hydrogen-bond donors (Lipinski definition) is 4. The van der Waals surface area contributed by atoms with Gasteiger partial charge in [0.15, 0.2) is 0 Å². The normalized spacial score (nSPS) is 27.2. The van der Waals surface area contributed by atoms with E-state index in [0.717, 1.165) is 0 Å². The van der Waals surface area contributed by atoms with Gasteiger partial charge in [-0.1, -0.05) is 61.8 Å². The Bertz CT molecular complexity index is 647. The first-order valence-electron chi connectivity index (χ1n) is 11.6. The van der Waals surface area contributed by atoms with Gasteiger partial charge in [-0.15, -0.1) is 0 Å². The van der Waals surface area contributed by atoms with E-state index < -0.39 is 24.2 Å². The van der Waals surface area contributed by atoms with Crippen LogP contribution in [0.15, 0.2) is 0 Å². The van der Waals surface area contributed by atoms with Gasteiger partial charge in [0.1, 0.15) is 24.2 Å². The van der Waals surface area contributed by atoms with Crippen LogP contribution in [0.25, 0.3) is 0 Å². The van der Waals surface area contributed by atoms with Gasteiger partial charge >= 0.3 is 0 Å². The highest BCUT2D eigenvalue weighted by Gasteiger charge is 2.36. The van der Waals surface area contributed by atoms with Crippen molar-refractivity contribution in [1.29, 1.82) is 0 Å². The Balaban J connectivity index is 3.38. The van der Waals surface area contributed by atoms with E-state index in [2.05, 4.69) is 21.3 Å². The molecule has 4 N–H and O–H groups in total. The Hall–Kier alpha value is -2.12. The first-order valence-corrected chi connectivity index (χ1v) is 11.6. The van der Waals surface area contributed by atoms with Crippen molar-refractivity contribution in [2.75, 3.05) is 0 Å². The molecule has 0 spiro atoms. The largest absolute Gasteiger partial charge is 0.343 e. The molecule has 0 aromatic rings. The molecule has 1 saturated heterocycles. The second-order valence-electron chi connectivity index (χ2n) is 9.98. The minimum absolute atomic E-state index is 0.133. The third-order valence-electron chi connectivity index (χ3n) is 5.72. The number of hydrogen-bond acceptors (Lipinski definition) is 4. The van der Waals surface area contributed by atoms with Crippen LogP contribution in [0, 0.1) is 23.7 Å². The lowest BCUT2D eigenvalue weighted by Crippen LogP contribution is -2.63. The molecule has 5 atom stereocenters. The van der Waals surface area contributed by atoms with Crippen molar-refractivity contribution in [3.8, 4) is 0 Å². The lowest BCUT2D eigenvalue weighted by Gasteiger charge is -2.32. The summed E-state index contributed by atoms with van der Waals surface area (Å²) in [5, 5.41) is 11.3. The maximum Gasteiger partial charge on any atom is 0.243 e. The van der Waals surface area contributed by atoms with Gasteiger partial charge in [0.25, 0.3) is 0 Å². The average Bonchev–Trinajstić information content (AvgIpc) is 2.66. The van der Waals surface area contributed by atoms with E-state index >= 15 is 0 Å². The van der Waals surface area contributed by atoms with Gasteiger partial charge in [-0.3, -0.25) is 19.2 Å². The highest BCUT2D eigenvalue weighted by Crippen LogP contribution is 2.14.